The van der Waals surface area contributed by atoms with E-state index in [1.54, 1.807) is 12.3 Å². The van der Waals surface area contributed by atoms with Crippen LogP contribution < -0.4 is 5.32 Å². The van der Waals surface area contributed by atoms with Crippen molar-refractivity contribution in [3.05, 3.63) is 45.5 Å². The molecule has 0 aromatic carbocycles. The molecule has 0 saturated heterocycles. The van der Waals surface area contributed by atoms with Crippen LogP contribution in [0.2, 0.25) is 5.02 Å². The molecule has 0 aliphatic heterocycles. The normalized spacial score (nSPS) is 21.9. The highest BCUT2D eigenvalue weighted by Crippen LogP contribution is 2.30. The molecule has 0 unspecified atom stereocenters. The van der Waals surface area contributed by atoms with Crippen molar-refractivity contribution in [3.8, 4) is 0 Å². The quantitative estimate of drug-likeness (QED) is 0.863. The Kier molecular flexibility index (Phi) is 5.22. The van der Waals surface area contributed by atoms with Gasteiger partial charge in [-0.05, 0) is 76.3 Å². The third kappa shape index (κ3) is 3.88. The minimum atomic E-state index is -0.0635. The van der Waals surface area contributed by atoms with Crippen LogP contribution >= 0.6 is 11.6 Å². The van der Waals surface area contributed by atoms with Crippen molar-refractivity contribution in [3.63, 3.8) is 0 Å². The number of nitrogens with one attached hydrogen (secondary N) is 1. The molecule has 1 amide bonds. The summed E-state index contributed by atoms with van der Waals surface area (Å²) in [4.78, 5) is 16.7. The predicted octanol–water partition coefficient (Wildman–Crippen LogP) is 4.03. The van der Waals surface area contributed by atoms with E-state index in [0.717, 1.165) is 32.2 Å². The number of carbonyl (C=O) groups excluding carboxylic acids is 1. The van der Waals surface area contributed by atoms with Crippen LogP contribution in [0.3, 0.4) is 0 Å². The van der Waals surface area contributed by atoms with Crippen molar-refractivity contribution in [2.45, 2.75) is 71.4 Å². The summed E-state index contributed by atoms with van der Waals surface area (Å²) in [5.74, 6) is 0.586. The Morgan fingerprint density at radius 3 is 2.78 bits per heavy atom. The molecular weight excluding hydrogens is 360 g/mol. The molecule has 1 fully saturated rings. The highest BCUT2D eigenvalue weighted by Gasteiger charge is 2.26. The molecule has 0 bridgehead atoms. The van der Waals surface area contributed by atoms with E-state index in [-0.39, 0.29) is 11.9 Å². The van der Waals surface area contributed by atoms with Gasteiger partial charge in [0.15, 0.2) is 0 Å². The second kappa shape index (κ2) is 7.63. The molecule has 2 aromatic rings. The lowest BCUT2D eigenvalue weighted by molar-refractivity contribution is 0.0919. The third-order valence-electron chi connectivity index (χ3n) is 6.12. The fourth-order valence-corrected chi connectivity index (χ4v) is 4.75. The molecule has 2 aliphatic rings. The number of rotatable bonds is 4. The zero-order valence-electron chi connectivity index (χ0n) is 16.1. The first kappa shape index (κ1) is 18.5. The Morgan fingerprint density at radius 1 is 1.22 bits per heavy atom. The molecule has 0 atom stereocenters. The molecule has 6 heteroatoms. The van der Waals surface area contributed by atoms with Crippen LogP contribution in [-0.2, 0) is 19.4 Å². The SMILES string of the molecule is Cc1ncc(Cl)cc1C(=O)NC1CCC(Cn2nc(C)c3c2CCC3)CC1. The maximum absolute atomic E-state index is 12.6. The lowest BCUT2D eigenvalue weighted by Crippen LogP contribution is -2.38. The van der Waals surface area contributed by atoms with Crippen LogP contribution in [0.4, 0.5) is 0 Å². The van der Waals surface area contributed by atoms with Gasteiger partial charge < -0.3 is 5.32 Å². The van der Waals surface area contributed by atoms with E-state index >= 15 is 0 Å². The van der Waals surface area contributed by atoms with Crippen LogP contribution in [-0.4, -0.2) is 26.7 Å². The van der Waals surface area contributed by atoms with Gasteiger partial charge in [0.25, 0.3) is 5.91 Å². The Labute approximate surface area is 165 Å². The van der Waals surface area contributed by atoms with Crippen LogP contribution in [0.15, 0.2) is 12.3 Å². The summed E-state index contributed by atoms with van der Waals surface area (Å²) in [6, 6.07) is 1.93. The van der Waals surface area contributed by atoms with E-state index < -0.39 is 0 Å². The van der Waals surface area contributed by atoms with Gasteiger partial charge in [-0.2, -0.15) is 5.10 Å². The number of nitrogens with zero attached hydrogens (tertiary/aromatic N) is 3. The maximum atomic E-state index is 12.6. The highest BCUT2D eigenvalue weighted by atomic mass is 35.5. The number of hydrogen-bond acceptors (Lipinski definition) is 3. The topological polar surface area (TPSA) is 59.8 Å². The van der Waals surface area contributed by atoms with Crippen molar-refractivity contribution in [2.75, 3.05) is 0 Å². The Morgan fingerprint density at radius 2 is 2.00 bits per heavy atom. The van der Waals surface area contributed by atoms with Crippen molar-refractivity contribution in [1.82, 2.24) is 20.1 Å². The number of aryl methyl sites for hydroxylation is 2. The van der Waals surface area contributed by atoms with Gasteiger partial charge in [-0.25, -0.2) is 0 Å². The van der Waals surface area contributed by atoms with Gasteiger partial charge in [-0.15, -0.1) is 0 Å². The smallest absolute Gasteiger partial charge is 0.253 e. The molecule has 1 saturated carbocycles. The summed E-state index contributed by atoms with van der Waals surface area (Å²) in [7, 11) is 0. The first-order valence-corrected chi connectivity index (χ1v) is 10.4. The van der Waals surface area contributed by atoms with E-state index in [9.17, 15) is 4.79 Å². The number of aromatic nitrogens is 3. The highest BCUT2D eigenvalue weighted by molar-refractivity contribution is 6.30. The molecule has 1 N–H and O–H groups in total. The number of halogens is 1. The average molecular weight is 387 g/mol. The molecule has 2 aromatic heterocycles. The monoisotopic (exact) mass is 386 g/mol. The van der Waals surface area contributed by atoms with Crippen molar-refractivity contribution in [2.24, 2.45) is 5.92 Å². The Hall–Kier alpha value is -1.88. The fraction of sp³-hybridized carbons (Fsp3) is 0.571. The first-order valence-electron chi connectivity index (χ1n) is 9.99. The van der Waals surface area contributed by atoms with Crippen LogP contribution in [0.5, 0.6) is 0 Å². The van der Waals surface area contributed by atoms with E-state index in [4.69, 9.17) is 16.7 Å². The molecule has 0 spiro atoms. The van der Waals surface area contributed by atoms with Gasteiger partial charge >= 0.3 is 0 Å². The minimum Gasteiger partial charge on any atom is -0.349 e. The molecule has 0 radical (unpaired) electrons. The van der Waals surface area contributed by atoms with Gasteiger partial charge in [0.05, 0.1) is 22.0 Å². The summed E-state index contributed by atoms with van der Waals surface area (Å²) in [6.45, 7) is 5.00. The van der Waals surface area contributed by atoms with Crippen LogP contribution in [0, 0.1) is 19.8 Å². The molecular formula is C21H27ClN4O. The Bertz CT molecular complexity index is 852. The number of fused-ring (bicyclic) bond motifs is 1. The molecule has 2 aliphatic carbocycles. The zero-order chi connectivity index (χ0) is 19.0. The van der Waals surface area contributed by atoms with Crippen molar-refractivity contribution in [1.29, 1.82) is 0 Å². The molecule has 4 rings (SSSR count). The molecule has 5 nitrogen and oxygen atoms in total. The van der Waals surface area contributed by atoms with E-state index in [0.29, 0.717) is 22.2 Å². The number of carbonyl (C=O) groups is 1. The van der Waals surface area contributed by atoms with Crippen molar-refractivity contribution >= 4 is 17.5 Å². The van der Waals surface area contributed by atoms with Crippen LogP contribution in [0.25, 0.3) is 0 Å². The van der Waals surface area contributed by atoms with Gasteiger partial charge in [0.2, 0.25) is 0 Å². The summed E-state index contributed by atoms with van der Waals surface area (Å²) in [5, 5.41) is 8.45. The largest absolute Gasteiger partial charge is 0.349 e. The summed E-state index contributed by atoms with van der Waals surface area (Å²) in [6.07, 6.45) is 9.51. The number of amides is 1. The Balaban J connectivity index is 1.32. The minimum absolute atomic E-state index is 0.0635. The standard InChI is InChI=1S/C21H27ClN4O/c1-13-19(10-16(22)11-23-13)21(27)24-17-8-6-15(7-9-17)12-26-20-5-3-4-18(20)14(2)25-26/h10-11,15,17H,3-9,12H2,1-2H3,(H,24,27). The van der Waals surface area contributed by atoms with E-state index in [2.05, 4.69) is 21.9 Å². The van der Waals surface area contributed by atoms with Gasteiger partial charge in [-0.1, -0.05) is 11.6 Å². The lowest BCUT2D eigenvalue weighted by atomic mass is 9.86. The first-order chi connectivity index (χ1) is 13.0. The number of pyridine rings is 1. The van der Waals surface area contributed by atoms with E-state index in [1.807, 2.05) is 6.92 Å². The van der Waals surface area contributed by atoms with E-state index in [1.165, 1.54) is 36.2 Å². The molecule has 27 heavy (non-hydrogen) atoms. The second-order valence-corrected chi connectivity index (χ2v) is 8.46. The molecule has 144 valence electrons. The van der Waals surface area contributed by atoms with Crippen molar-refractivity contribution < 1.29 is 4.79 Å². The zero-order valence-corrected chi connectivity index (χ0v) is 16.9. The maximum Gasteiger partial charge on any atom is 0.253 e. The lowest BCUT2D eigenvalue weighted by Gasteiger charge is -2.29. The van der Waals surface area contributed by atoms with Gasteiger partial charge in [0.1, 0.15) is 0 Å². The third-order valence-corrected chi connectivity index (χ3v) is 6.33. The van der Waals surface area contributed by atoms with Gasteiger partial charge in [-0.3, -0.25) is 14.5 Å². The van der Waals surface area contributed by atoms with Gasteiger partial charge in [0, 0.05) is 24.5 Å². The van der Waals surface area contributed by atoms with Crippen LogP contribution in [0.1, 0.15) is 65.1 Å². The fourth-order valence-electron chi connectivity index (χ4n) is 4.59. The number of hydrogen-bond donors (Lipinski definition) is 1. The summed E-state index contributed by atoms with van der Waals surface area (Å²) < 4.78 is 2.27. The molecule has 2 heterocycles. The summed E-state index contributed by atoms with van der Waals surface area (Å²) >= 11 is 5.99. The predicted molar refractivity (Wildman–Crippen MR) is 106 cm³/mol. The average Bonchev–Trinajstić information content (AvgIpc) is 3.24. The second-order valence-electron chi connectivity index (χ2n) is 8.02. The summed E-state index contributed by atoms with van der Waals surface area (Å²) in [5.41, 5.74) is 5.46.